The summed E-state index contributed by atoms with van der Waals surface area (Å²) in [5.41, 5.74) is -0.124. The van der Waals surface area contributed by atoms with E-state index >= 15 is 0 Å². The van der Waals surface area contributed by atoms with Crippen molar-refractivity contribution >= 4 is 11.6 Å². The Labute approximate surface area is 94.2 Å². The van der Waals surface area contributed by atoms with Crippen molar-refractivity contribution in [1.82, 2.24) is 0 Å². The van der Waals surface area contributed by atoms with Crippen LogP contribution in [0.25, 0.3) is 0 Å². The second-order valence-corrected chi connectivity index (χ2v) is 4.12. The number of hydrogen-bond acceptors (Lipinski definition) is 3. The van der Waals surface area contributed by atoms with Crippen molar-refractivity contribution < 1.29 is 11.1 Å². The third-order valence-corrected chi connectivity index (χ3v) is 2.99. The summed E-state index contributed by atoms with van der Waals surface area (Å²) in [6.07, 6.45) is 0. The number of amides is 1. The van der Waals surface area contributed by atoms with Gasteiger partial charge in [0.15, 0.2) is 0 Å². The summed E-state index contributed by atoms with van der Waals surface area (Å²) >= 11 is 0. The molecule has 1 aliphatic heterocycles. The van der Waals surface area contributed by atoms with Crippen LogP contribution in [0.1, 0.15) is 13.9 Å². The van der Waals surface area contributed by atoms with Crippen molar-refractivity contribution in [2.24, 2.45) is 0 Å². The average molecular weight is 221 g/mol. The summed E-state index contributed by atoms with van der Waals surface area (Å²) in [4.78, 5) is 23.7. The zero-order valence-corrected chi connectivity index (χ0v) is 9.06. The smallest absolute Gasteiger partial charge is 0.243 e. The first-order chi connectivity index (χ1) is 7.88. The maximum absolute atomic E-state index is 12.1. The number of nitrogens with zero attached hydrogens (tertiary/aromatic N) is 2. The molecule has 1 aromatic carbocycles. The molecule has 0 radical (unpaired) electrons. The molecule has 2 rings (SSSR count). The van der Waals surface area contributed by atoms with Gasteiger partial charge in [-0.05, 0) is 18.5 Å². The lowest BCUT2D eigenvalue weighted by atomic mass is 9.84. The molecule has 1 atom stereocenters. The highest BCUT2D eigenvalue weighted by Gasteiger charge is 2.49. The van der Waals surface area contributed by atoms with Gasteiger partial charge in [-0.25, -0.2) is 0 Å². The predicted octanol–water partition coefficient (Wildman–Crippen LogP) is 1.20. The first-order valence-corrected chi connectivity index (χ1v) is 4.88. The highest BCUT2D eigenvalue weighted by Crippen LogP contribution is 2.40. The average Bonchev–Trinajstić information content (AvgIpc) is 2.42. The van der Waals surface area contributed by atoms with Crippen LogP contribution in [0.2, 0.25) is 0 Å². The first kappa shape index (κ1) is 9.33. The van der Waals surface area contributed by atoms with E-state index < -0.39 is 16.9 Å². The van der Waals surface area contributed by atoms with Crippen LogP contribution in [-0.4, -0.2) is 24.4 Å². The molecule has 0 fully saturated rings. The van der Waals surface area contributed by atoms with Gasteiger partial charge in [0, 0.05) is 17.7 Å². The van der Waals surface area contributed by atoms with E-state index in [1.54, 1.807) is 32.2 Å². The molecule has 0 saturated carbocycles. The summed E-state index contributed by atoms with van der Waals surface area (Å²) in [7, 11) is 1.55. The molecule has 0 bridgehead atoms. The van der Waals surface area contributed by atoms with E-state index in [9.17, 15) is 14.9 Å². The molecule has 0 spiro atoms. The van der Waals surface area contributed by atoms with Crippen LogP contribution in [0.5, 0.6) is 0 Å². The summed E-state index contributed by atoms with van der Waals surface area (Å²) < 4.78 is 7.77. The van der Waals surface area contributed by atoms with Gasteiger partial charge in [-0.3, -0.25) is 14.9 Å². The number of benzene rings is 1. The van der Waals surface area contributed by atoms with Crippen LogP contribution in [0.15, 0.2) is 24.2 Å². The Balaban J connectivity index is 2.63. The van der Waals surface area contributed by atoms with E-state index in [1.165, 1.54) is 4.90 Å². The molecule has 1 aliphatic rings. The van der Waals surface area contributed by atoms with Gasteiger partial charge in [0.1, 0.15) is 5.41 Å². The molecule has 0 aromatic heterocycles. The molecule has 1 heterocycles. The SMILES string of the molecule is [2H]c1cccc2c1N(C)C(=O)[C@]2(C)C[N+](=O)[O-]. The molecule has 84 valence electrons. The van der Waals surface area contributed by atoms with Gasteiger partial charge in [-0.15, -0.1) is 0 Å². The number of anilines is 1. The number of para-hydroxylation sites is 1. The number of fused-ring (bicyclic) bond motifs is 1. The van der Waals surface area contributed by atoms with E-state index in [0.717, 1.165) is 0 Å². The third kappa shape index (κ3) is 1.28. The largest absolute Gasteiger partial charge is 0.314 e. The molecule has 0 saturated heterocycles. The summed E-state index contributed by atoms with van der Waals surface area (Å²) in [5, 5.41) is 10.7. The molecular formula is C11H12N2O3. The highest BCUT2D eigenvalue weighted by atomic mass is 16.6. The zero-order chi connectivity index (χ0) is 12.8. The molecule has 16 heavy (non-hydrogen) atoms. The van der Waals surface area contributed by atoms with Gasteiger partial charge in [-0.1, -0.05) is 18.2 Å². The van der Waals surface area contributed by atoms with Crippen molar-refractivity contribution in [3.8, 4) is 0 Å². The highest BCUT2D eigenvalue weighted by molar-refractivity contribution is 6.07. The lowest BCUT2D eigenvalue weighted by Crippen LogP contribution is -2.41. The van der Waals surface area contributed by atoms with Crippen LogP contribution in [0, 0.1) is 10.1 Å². The maximum Gasteiger partial charge on any atom is 0.243 e. The Bertz CT molecular complexity index is 517. The molecule has 1 amide bonds. The normalized spacial score (nSPS) is 24.2. The third-order valence-electron chi connectivity index (χ3n) is 2.99. The second kappa shape index (κ2) is 3.30. The van der Waals surface area contributed by atoms with Gasteiger partial charge in [0.2, 0.25) is 12.5 Å². The predicted molar refractivity (Wildman–Crippen MR) is 59.1 cm³/mol. The van der Waals surface area contributed by atoms with E-state index in [4.69, 9.17) is 1.37 Å². The van der Waals surface area contributed by atoms with Gasteiger partial charge < -0.3 is 4.90 Å². The standard InChI is InChI=1S/C11H12N2O3/c1-11(7-13(15)16)8-5-3-4-6-9(8)12(2)10(11)14/h3-6H,7H2,1-2H3/t11-/m1/s1/i6D. The van der Waals surface area contributed by atoms with E-state index in [2.05, 4.69) is 0 Å². The van der Waals surface area contributed by atoms with Gasteiger partial charge >= 0.3 is 0 Å². The van der Waals surface area contributed by atoms with Crippen molar-refractivity contribution in [1.29, 1.82) is 0 Å². The van der Waals surface area contributed by atoms with Crippen molar-refractivity contribution in [2.75, 3.05) is 18.5 Å². The summed E-state index contributed by atoms with van der Waals surface area (Å²) in [5.74, 6) is -0.330. The second-order valence-electron chi connectivity index (χ2n) is 4.12. The summed E-state index contributed by atoms with van der Waals surface area (Å²) in [6, 6.07) is 5.11. The van der Waals surface area contributed by atoms with Crippen LogP contribution < -0.4 is 4.90 Å². The molecule has 5 heteroatoms. The monoisotopic (exact) mass is 221 g/mol. The lowest BCUT2D eigenvalue weighted by molar-refractivity contribution is -0.487. The Morgan fingerprint density at radius 2 is 2.31 bits per heavy atom. The number of likely N-dealkylation sites (N-methyl/N-ethyl adjacent to an activating group) is 1. The lowest BCUT2D eigenvalue weighted by Gasteiger charge is -2.17. The topological polar surface area (TPSA) is 63.5 Å². The Kier molecular flexibility index (Phi) is 1.92. The van der Waals surface area contributed by atoms with E-state index in [0.29, 0.717) is 11.3 Å². The fourth-order valence-corrected chi connectivity index (χ4v) is 2.15. The molecular weight excluding hydrogens is 208 g/mol. The molecule has 0 aliphatic carbocycles. The zero-order valence-electron chi connectivity index (χ0n) is 10.1. The van der Waals surface area contributed by atoms with Crippen LogP contribution in [0.4, 0.5) is 5.69 Å². The van der Waals surface area contributed by atoms with E-state index in [-0.39, 0.29) is 11.9 Å². The maximum atomic E-state index is 12.1. The molecule has 0 N–H and O–H groups in total. The molecule has 5 nitrogen and oxygen atoms in total. The Morgan fingerprint density at radius 1 is 1.62 bits per heavy atom. The number of nitro groups is 1. The van der Waals surface area contributed by atoms with Gasteiger partial charge in [0.05, 0.1) is 1.37 Å². The number of rotatable bonds is 2. The molecule has 0 unspecified atom stereocenters. The van der Waals surface area contributed by atoms with Gasteiger partial charge in [-0.2, -0.15) is 0 Å². The van der Waals surface area contributed by atoms with Crippen molar-refractivity contribution in [2.45, 2.75) is 12.3 Å². The fraction of sp³-hybridized carbons (Fsp3) is 0.364. The fourth-order valence-electron chi connectivity index (χ4n) is 2.15. The summed E-state index contributed by atoms with van der Waals surface area (Å²) in [6.45, 7) is 1.10. The van der Waals surface area contributed by atoms with E-state index in [1.807, 2.05) is 0 Å². The van der Waals surface area contributed by atoms with Crippen LogP contribution >= 0.6 is 0 Å². The van der Waals surface area contributed by atoms with Crippen LogP contribution in [0.3, 0.4) is 0 Å². The van der Waals surface area contributed by atoms with Gasteiger partial charge in [0.25, 0.3) is 0 Å². The number of carbonyl (C=O) groups excluding carboxylic acids is 1. The number of carbonyl (C=O) groups is 1. The minimum absolute atomic E-state index is 0.213. The minimum Gasteiger partial charge on any atom is -0.314 e. The molecule has 1 aromatic rings. The van der Waals surface area contributed by atoms with Crippen LogP contribution in [-0.2, 0) is 10.2 Å². The number of hydrogen-bond donors (Lipinski definition) is 0. The Hall–Kier alpha value is -1.91. The van der Waals surface area contributed by atoms with Crippen molar-refractivity contribution in [3.63, 3.8) is 0 Å². The van der Waals surface area contributed by atoms with Crippen molar-refractivity contribution in [3.05, 3.63) is 39.9 Å². The quantitative estimate of drug-likeness (QED) is 0.556. The minimum atomic E-state index is -1.16. The first-order valence-electron chi connectivity index (χ1n) is 5.38. The Morgan fingerprint density at radius 3 is 2.94 bits per heavy atom.